The maximum Gasteiger partial charge on any atom is 0.326 e. The quantitative estimate of drug-likeness (QED) is 0.0324. The number of rotatable bonds is 32. The Morgan fingerprint density at radius 3 is 1.84 bits per heavy atom. The number of nitrogens with zero attached hydrogens (tertiary/aromatic N) is 2. The standard InChI is InChI=1S/C46H69N13O16S/c1-23(2)37(58-42(70)33(21-62)57-41(69)32(20-61)56-38(66)28(10-11-35(48)64)54-43(71)34-5-4-13-59(34)45(73)27(47)19-60)44(72)50-18-36(65)52-30(15-24-6-8-26(63)9-7-24)40(68)53-29(12-14-76-3)39(67)55-31(46(74)75)16-25-17-49-22-51-25/h6-9,17,22-23,27-34,37,60-63H,4-5,10-16,18-21,47H2,1-3H3,(H2,48,64)(H,49,51)(H,50,72)(H,52,65)(H,53,68)(H,54,71)(H,55,67)(H,56,66)(H,57,69)(H,58,70)(H,74,75)/t27-,28-,29-,30-,31-,32-,33-,34-,37-/m0/s1. The van der Waals surface area contributed by atoms with Gasteiger partial charge in [0.25, 0.3) is 0 Å². The molecule has 420 valence electrons. The number of amides is 10. The minimum atomic E-state index is -1.82. The van der Waals surface area contributed by atoms with Crippen molar-refractivity contribution in [1.82, 2.24) is 57.4 Å². The van der Waals surface area contributed by atoms with Gasteiger partial charge < -0.3 is 89.4 Å². The van der Waals surface area contributed by atoms with E-state index >= 15 is 0 Å². The van der Waals surface area contributed by atoms with E-state index in [0.717, 1.165) is 4.90 Å². The second-order valence-corrected chi connectivity index (χ2v) is 19.0. The topological polar surface area (TPSA) is 469 Å². The Balaban J connectivity index is 1.69. The van der Waals surface area contributed by atoms with E-state index in [2.05, 4.69) is 52.5 Å². The molecule has 0 radical (unpaired) electrons. The van der Waals surface area contributed by atoms with Crippen LogP contribution in [0.15, 0.2) is 36.8 Å². The van der Waals surface area contributed by atoms with Crippen molar-refractivity contribution in [3.8, 4) is 5.75 Å². The van der Waals surface area contributed by atoms with Gasteiger partial charge in [-0.1, -0.05) is 26.0 Å². The second-order valence-electron chi connectivity index (χ2n) is 18.0. The number of aromatic hydroxyl groups is 1. The van der Waals surface area contributed by atoms with Crippen LogP contribution in [0.25, 0.3) is 0 Å². The third kappa shape index (κ3) is 20.0. The molecule has 1 aromatic carbocycles. The Kier molecular flexibility index (Phi) is 26.0. The number of imidazole rings is 1. The van der Waals surface area contributed by atoms with Crippen molar-refractivity contribution in [1.29, 1.82) is 0 Å². The maximum absolute atomic E-state index is 13.9. The van der Waals surface area contributed by atoms with Crippen LogP contribution in [0, 0.1) is 5.92 Å². The number of carboxylic acid groups (broad SMARTS) is 1. The van der Waals surface area contributed by atoms with Gasteiger partial charge in [-0.2, -0.15) is 11.8 Å². The number of phenols is 1. The van der Waals surface area contributed by atoms with Gasteiger partial charge in [0.15, 0.2) is 0 Å². The molecule has 30 heteroatoms. The first kappa shape index (κ1) is 62.9. The molecule has 0 unspecified atom stereocenters. The zero-order chi connectivity index (χ0) is 56.6. The van der Waals surface area contributed by atoms with Gasteiger partial charge in [0.1, 0.15) is 60.1 Å². The number of carboxylic acids is 1. The molecule has 0 spiro atoms. The highest BCUT2D eigenvalue weighted by molar-refractivity contribution is 7.98. The Bertz CT molecular complexity index is 2330. The highest BCUT2D eigenvalue weighted by Gasteiger charge is 2.39. The molecule has 0 bridgehead atoms. The first-order valence-electron chi connectivity index (χ1n) is 24.1. The molecular formula is C46H69N13O16S. The number of thioether (sulfide) groups is 1. The number of primary amides is 1. The predicted octanol–water partition coefficient (Wildman–Crippen LogP) is -6.54. The smallest absolute Gasteiger partial charge is 0.326 e. The number of aliphatic hydroxyl groups excluding tert-OH is 3. The van der Waals surface area contributed by atoms with Crippen LogP contribution in [0.5, 0.6) is 5.75 Å². The lowest BCUT2D eigenvalue weighted by molar-refractivity contribution is -0.142. The van der Waals surface area contributed by atoms with E-state index in [1.807, 2.05) is 0 Å². The van der Waals surface area contributed by atoms with Crippen molar-refractivity contribution >= 4 is 76.8 Å². The van der Waals surface area contributed by atoms with E-state index in [1.54, 1.807) is 6.26 Å². The summed E-state index contributed by atoms with van der Waals surface area (Å²) in [6.07, 6.45) is 3.97. The van der Waals surface area contributed by atoms with E-state index in [4.69, 9.17) is 11.5 Å². The van der Waals surface area contributed by atoms with Gasteiger partial charge in [0.05, 0.1) is 32.7 Å². The van der Waals surface area contributed by atoms with Gasteiger partial charge >= 0.3 is 5.97 Å². The van der Waals surface area contributed by atoms with E-state index in [0.29, 0.717) is 23.4 Å². The van der Waals surface area contributed by atoms with Gasteiger partial charge in [-0.15, -0.1) is 0 Å². The van der Waals surface area contributed by atoms with Crippen LogP contribution in [0.3, 0.4) is 0 Å². The molecule has 2 aromatic rings. The van der Waals surface area contributed by atoms with Crippen LogP contribution in [-0.2, 0) is 65.6 Å². The monoisotopic (exact) mass is 1090 g/mol. The molecule has 1 saturated heterocycles. The fraction of sp³-hybridized carbons (Fsp3) is 0.565. The summed E-state index contributed by atoms with van der Waals surface area (Å²) in [4.78, 5) is 152. The van der Waals surface area contributed by atoms with Gasteiger partial charge in [0.2, 0.25) is 59.1 Å². The molecule has 1 aliphatic rings. The van der Waals surface area contributed by atoms with E-state index in [1.165, 1.54) is 62.4 Å². The lowest BCUT2D eigenvalue weighted by Crippen LogP contribution is -2.61. The van der Waals surface area contributed by atoms with Crippen LogP contribution >= 0.6 is 11.8 Å². The van der Waals surface area contributed by atoms with Crippen molar-refractivity contribution < 1.29 is 78.3 Å². The van der Waals surface area contributed by atoms with Crippen molar-refractivity contribution in [2.45, 2.75) is 113 Å². The summed E-state index contributed by atoms with van der Waals surface area (Å²) in [5.41, 5.74) is 11.8. The molecule has 18 N–H and O–H groups in total. The maximum atomic E-state index is 13.9. The minimum Gasteiger partial charge on any atom is -0.508 e. The number of carbonyl (C=O) groups excluding carboxylic acids is 10. The fourth-order valence-corrected chi connectivity index (χ4v) is 8.08. The van der Waals surface area contributed by atoms with Gasteiger partial charge in [-0.05, 0) is 61.3 Å². The summed E-state index contributed by atoms with van der Waals surface area (Å²) < 4.78 is 0. The minimum absolute atomic E-state index is 0.0593. The average Bonchev–Trinajstić information content (AvgIpc) is 4.11. The number of H-pyrrole nitrogens is 1. The predicted molar refractivity (Wildman–Crippen MR) is 268 cm³/mol. The molecular weight excluding hydrogens is 1020 g/mol. The van der Waals surface area contributed by atoms with E-state index in [9.17, 15) is 78.3 Å². The van der Waals surface area contributed by atoms with Gasteiger partial charge in [0, 0.05) is 37.7 Å². The first-order chi connectivity index (χ1) is 36.0. The van der Waals surface area contributed by atoms with Crippen molar-refractivity contribution in [2.24, 2.45) is 17.4 Å². The average molecular weight is 1090 g/mol. The fourth-order valence-electron chi connectivity index (χ4n) is 7.60. The van der Waals surface area contributed by atoms with Crippen LogP contribution in [0.4, 0.5) is 0 Å². The number of aliphatic hydroxyl groups is 3. The first-order valence-corrected chi connectivity index (χ1v) is 25.5. The molecule has 2 heterocycles. The molecule has 9 atom stereocenters. The Labute approximate surface area is 440 Å². The number of hydrogen-bond acceptors (Lipinski definition) is 18. The Morgan fingerprint density at radius 1 is 0.737 bits per heavy atom. The van der Waals surface area contributed by atoms with Gasteiger partial charge in [-0.3, -0.25) is 47.9 Å². The lowest BCUT2D eigenvalue weighted by atomic mass is 10.0. The zero-order valence-corrected chi connectivity index (χ0v) is 42.9. The van der Waals surface area contributed by atoms with E-state index in [-0.39, 0.29) is 44.4 Å². The number of nitrogens with one attached hydrogen (secondary N) is 9. The molecule has 76 heavy (non-hydrogen) atoms. The van der Waals surface area contributed by atoms with E-state index < -0.39 is 158 Å². The molecule has 3 rings (SSSR count). The number of nitrogens with two attached hydrogens (primary N) is 2. The Morgan fingerprint density at radius 2 is 1.30 bits per heavy atom. The van der Waals surface area contributed by atoms with Gasteiger partial charge in [-0.25, -0.2) is 9.78 Å². The van der Waals surface area contributed by atoms with Crippen molar-refractivity contribution in [2.75, 3.05) is 44.9 Å². The van der Waals surface area contributed by atoms with Crippen LogP contribution < -0.4 is 54.0 Å². The molecule has 29 nitrogen and oxygen atoms in total. The molecule has 0 saturated carbocycles. The zero-order valence-electron chi connectivity index (χ0n) is 42.1. The summed E-state index contributed by atoms with van der Waals surface area (Å²) in [6.45, 7) is -0.441. The number of carbonyl (C=O) groups is 11. The van der Waals surface area contributed by atoms with Crippen LogP contribution in [0.1, 0.15) is 57.2 Å². The number of benzene rings is 1. The Hall–Kier alpha value is -7.41. The molecule has 1 aliphatic heterocycles. The largest absolute Gasteiger partial charge is 0.508 e. The molecule has 1 fully saturated rings. The number of aromatic amines is 1. The number of aromatic nitrogens is 2. The van der Waals surface area contributed by atoms with Crippen molar-refractivity contribution in [3.63, 3.8) is 0 Å². The number of hydrogen-bond donors (Lipinski definition) is 16. The summed E-state index contributed by atoms with van der Waals surface area (Å²) in [5, 5.41) is 68.3. The normalized spacial score (nSPS) is 16.3. The lowest BCUT2D eigenvalue weighted by Gasteiger charge is -2.28. The SMILES string of the molecule is CSCC[C@H](NC(=O)[C@H](Cc1ccc(O)cc1)NC(=O)CNC(=O)[C@@H](NC(=O)[C@H](CO)NC(=O)[C@H](CO)NC(=O)[C@H](CCC(N)=O)NC(=O)[C@@H]1CCCN1C(=O)[C@@H](N)CO)C(C)C)C(=O)N[C@@H](Cc1cnc[nH]1)C(=O)O. The van der Waals surface area contributed by atoms with Crippen LogP contribution in [-0.4, -0.2) is 205 Å². The number of likely N-dealkylation sites (tertiary alicyclic amines) is 1. The highest BCUT2D eigenvalue weighted by atomic mass is 32.2. The molecule has 0 aliphatic carbocycles. The summed E-state index contributed by atoms with van der Waals surface area (Å²) in [5.74, 6) is -11.1. The number of phenolic OH excluding ortho intramolecular Hbond substituents is 1. The third-order valence-corrected chi connectivity index (χ3v) is 12.5. The van der Waals surface area contributed by atoms with Crippen LogP contribution in [0.2, 0.25) is 0 Å². The molecule has 10 amide bonds. The third-order valence-electron chi connectivity index (χ3n) is 11.8. The summed E-state index contributed by atoms with van der Waals surface area (Å²) >= 11 is 1.35. The second kappa shape index (κ2) is 31.5. The summed E-state index contributed by atoms with van der Waals surface area (Å²) in [6, 6.07) is -7.42. The molecule has 1 aromatic heterocycles. The number of aliphatic carboxylic acids is 1. The highest BCUT2D eigenvalue weighted by Crippen LogP contribution is 2.19. The van der Waals surface area contributed by atoms with Crippen molar-refractivity contribution in [3.05, 3.63) is 48.0 Å². The summed E-state index contributed by atoms with van der Waals surface area (Å²) in [7, 11) is 0.